The van der Waals surface area contributed by atoms with Crippen molar-refractivity contribution >= 4 is 36.1 Å². The number of fused-ring (bicyclic) bond motifs is 2. The van der Waals surface area contributed by atoms with E-state index in [0.29, 0.717) is 24.8 Å². The van der Waals surface area contributed by atoms with Crippen LogP contribution in [0.25, 0.3) is 10.8 Å². The normalized spacial score (nSPS) is 25.8. The Morgan fingerprint density at radius 1 is 0.915 bits per heavy atom. The Kier molecular flexibility index (Phi) is 8.01. The molecule has 1 unspecified atom stereocenters. The Bertz CT molecular complexity index is 1780. The van der Waals surface area contributed by atoms with Crippen molar-refractivity contribution in [2.24, 2.45) is 0 Å². The minimum absolute atomic E-state index is 0.000118. The highest BCUT2D eigenvalue weighted by Crippen LogP contribution is 2.59. The molecule has 7 rings (SSSR count). The fraction of sp³-hybridized carbons (Fsp3) is 0.457. The maximum Gasteiger partial charge on any atom is 0.399 e. The molecule has 3 aromatic rings. The van der Waals surface area contributed by atoms with E-state index in [-0.39, 0.29) is 40.3 Å². The molecule has 12 heteroatoms. The van der Waals surface area contributed by atoms with Crippen LogP contribution in [0.2, 0.25) is 0 Å². The zero-order chi connectivity index (χ0) is 33.1. The van der Waals surface area contributed by atoms with Gasteiger partial charge < -0.3 is 24.9 Å². The first kappa shape index (κ1) is 31.9. The molecule has 4 atom stereocenters. The Hall–Kier alpha value is -3.66. The number of nitrogens with zero attached hydrogens (tertiary/aromatic N) is 2. The molecule has 248 valence electrons. The van der Waals surface area contributed by atoms with Crippen LogP contribution in [0.4, 0.5) is 8.78 Å². The van der Waals surface area contributed by atoms with E-state index >= 15 is 0 Å². The molecule has 3 saturated heterocycles. The molecule has 0 bridgehead atoms. The van der Waals surface area contributed by atoms with Gasteiger partial charge in [-0.1, -0.05) is 61.4 Å². The van der Waals surface area contributed by atoms with E-state index in [1.165, 1.54) is 23.8 Å². The Balaban J connectivity index is 1.10. The first-order chi connectivity index (χ1) is 22.4. The Labute approximate surface area is 271 Å². The van der Waals surface area contributed by atoms with Crippen molar-refractivity contribution in [2.75, 3.05) is 6.54 Å². The number of nitrogens with one attached hydrogen (secondary N) is 1. The van der Waals surface area contributed by atoms with E-state index in [4.69, 9.17) is 9.79 Å². The molecule has 47 heavy (non-hydrogen) atoms. The van der Waals surface area contributed by atoms with Crippen LogP contribution in [0.1, 0.15) is 85.2 Å². The van der Waals surface area contributed by atoms with Crippen LogP contribution < -0.4 is 5.32 Å². The van der Waals surface area contributed by atoms with Gasteiger partial charge in [0.1, 0.15) is 12.1 Å². The van der Waals surface area contributed by atoms with Gasteiger partial charge in [-0.25, -0.2) is 0 Å². The third-order valence-electron chi connectivity index (χ3n) is 10.7. The number of halogens is 2. The van der Waals surface area contributed by atoms with E-state index in [2.05, 4.69) is 17.4 Å². The average molecular weight is 666 g/mol. The largest absolute Gasteiger partial charge is 0.399 e. The van der Waals surface area contributed by atoms with Crippen LogP contribution in [0, 0.1) is 0 Å². The molecule has 3 heterocycles. The second-order valence-electron chi connectivity index (χ2n) is 13.6. The summed E-state index contributed by atoms with van der Waals surface area (Å²) < 4.78 is 40.2. The average Bonchev–Trinajstić information content (AvgIpc) is 3.54. The van der Waals surface area contributed by atoms with E-state index in [0.717, 1.165) is 57.1 Å². The summed E-state index contributed by atoms with van der Waals surface area (Å²) in [5.74, 6) is -0.582. The summed E-state index contributed by atoms with van der Waals surface area (Å²) in [5, 5.41) is 3.56. The molecule has 3 N–H and O–H groups in total. The first-order valence-corrected chi connectivity index (χ1v) is 18.0. The second-order valence-corrected chi connectivity index (χ2v) is 15.3. The number of benzene rings is 3. The van der Waals surface area contributed by atoms with E-state index < -0.39 is 36.8 Å². The number of alkyl halides is 2. The zero-order valence-electron chi connectivity index (χ0n) is 25.9. The molecule has 1 aliphatic carbocycles. The van der Waals surface area contributed by atoms with Crippen molar-refractivity contribution < 1.29 is 37.5 Å². The minimum atomic E-state index is -5.77. The van der Waals surface area contributed by atoms with Gasteiger partial charge in [-0.15, -0.1) is 0 Å². The Morgan fingerprint density at radius 2 is 1.64 bits per heavy atom. The zero-order valence-corrected chi connectivity index (χ0v) is 26.8. The lowest BCUT2D eigenvalue weighted by molar-refractivity contribution is -0.148. The highest BCUT2D eigenvalue weighted by atomic mass is 31.2. The highest BCUT2D eigenvalue weighted by molar-refractivity contribution is 7.52. The lowest BCUT2D eigenvalue weighted by Crippen LogP contribution is -2.57. The molecule has 9 nitrogen and oxygen atoms in total. The maximum atomic E-state index is 14.4. The summed E-state index contributed by atoms with van der Waals surface area (Å²) in [6.07, 6.45) is 6.98. The summed E-state index contributed by atoms with van der Waals surface area (Å²) in [6.45, 7) is 0.635. The molecule has 1 spiro atoms. The SMILES string of the molecule is O=C(N[C@H]1CCCC[C@H]2CC[C@@H](C(=O)N3CC(c4ccccc4)CC34CC4)N2C1=O)c1ccc2ccc(C(F)(F)P(=O)(O)O)cc2c1. The summed E-state index contributed by atoms with van der Waals surface area (Å²) in [7, 11) is -5.77. The van der Waals surface area contributed by atoms with Crippen LogP contribution in [0.5, 0.6) is 0 Å². The Morgan fingerprint density at radius 3 is 2.36 bits per heavy atom. The van der Waals surface area contributed by atoms with Gasteiger partial charge in [0, 0.05) is 35.2 Å². The van der Waals surface area contributed by atoms with Crippen molar-refractivity contribution in [2.45, 2.75) is 93.0 Å². The van der Waals surface area contributed by atoms with Crippen LogP contribution in [0.15, 0.2) is 66.7 Å². The maximum absolute atomic E-state index is 14.4. The minimum Gasteiger partial charge on any atom is -0.340 e. The second kappa shape index (κ2) is 11.8. The summed E-state index contributed by atoms with van der Waals surface area (Å²) in [4.78, 5) is 64.1. The molecule has 3 aromatic carbocycles. The van der Waals surface area contributed by atoms with Gasteiger partial charge in [0.05, 0.1) is 0 Å². The standard InChI is InChI=1S/C35H38F2N3O6P/c36-35(37,47(44,45)46)27-13-12-23-10-11-24(18-25(23)19-27)31(41)38-29-9-5-4-8-28-14-15-30(40(28)32(29)42)33(43)39-21-26(20-34(39)16-17-34)22-6-2-1-3-7-22/h1-3,6-7,10-13,18-19,26,28-30H,4-5,8-9,14-17,20-21H2,(H,38,41)(H2,44,45,46)/t26?,28-,29-,30-/m0/s1. The number of hydrogen-bond acceptors (Lipinski definition) is 4. The molecular formula is C35H38F2N3O6P. The van der Waals surface area contributed by atoms with E-state index in [1.807, 2.05) is 23.1 Å². The molecular weight excluding hydrogens is 627 g/mol. The summed E-state index contributed by atoms with van der Waals surface area (Å²) in [5.41, 5.74) is -4.04. The van der Waals surface area contributed by atoms with Gasteiger partial charge in [-0.2, -0.15) is 8.78 Å². The quantitative estimate of drug-likeness (QED) is 0.292. The first-order valence-electron chi connectivity index (χ1n) is 16.4. The van der Waals surface area contributed by atoms with Crippen molar-refractivity contribution in [3.63, 3.8) is 0 Å². The number of amides is 3. The van der Waals surface area contributed by atoms with Gasteiger partial charge in [-0.3, -0.25) is 18.9 Å². The fourth-order valence-electron chi connectivity index (χ4n) is 8.01. The molecule has 0 radical (unpaired) electrons. The van der Waals surface area contributed by atoms with E-state index in [1.54, 1.807) is 11.0 Å². The number of carbonyl (C=O) groups excluding carboxylic acids is 3. The van der Waals surface area contributed by atoms with Gasteiger partial charge in [0.15, 0.2) is 0 Å². The fourth-order valence-corrected chi connectivity index (χ4v) is 8.49. The number of carbonyl (C=O) groups is 3. The van der Waals surface area contributed by atoms with E-state index in [9.17, 15) is 27.7 Å². The smallest absolute Gasteiger partial charge is 0.340 e. The van der Waals surface area contributed by atoms with Gasteiger partial charge in [0.2, 0.25) is 11.8 Å². The van der Waals surface area contributed by atoms with Crippen molar-refractivity contribution in [1.82, 2.24) is 15.1 Å². The third kappa shape index (κ3) is 5.76. The third-order valence-corrected chi connectivity index (χ3v) is 11.7. The topological polar surface area (TPSA) is 127 Å². The predicted molar refractivity (Wildman–Crippen MR) is 171 cm³/mol. The van der Waals surface area contributed by atoms with Crippen LogP contribution >= 0.6 is 7.60 Å². The molecule has 3 aliphatic heterocycles. The summed E-state index contributed by atoms with van der Waals surface area (Å²) in [6, 6.07) is 16.4. The monoisotopic (exact) mass is 665 g/mol. The predicted octanol–water partition coefficient (Wildman–Crippen LogP) is 5.65. The molecule has 0 aromatic heterocycles. The van der Waals surface area contributed by atoms with Gasteiger partial charge in [-0.05, 0) is 79.5 Å². The number of likely N-dealkylation sites (tertiary alicyclic amines) is 1. The van der Waals surface area contributed by atoms with Crippen LogP contribution in [0.3, 0.4) is 0 Å². The van der Waals surface area contributed by atoms with Crippen LogP contribution in [-0.4, -0.2) is 67.5 Å². The molecule has 4 fully saturated rings. The lowest BCUT2D eigenvalue weighted by Gasteiger charge is -2.37. The van der Waals surface area contributed by atoms with Gasteiger partial charge in [0.25, 0.3) is 5.91 Å². The lowest BCUT2D eigenvalue weighted by atomic mass is 9.96. The van der Waals surface area contributed by atoms with Crippen LogP contribution in [-0.2, 0) is 19.8 Å². The molecule has 3 amide bonds. The van der Waals surface area contributed by atoms with Gasteiger partial charge >= 0.3 is 13.3 Å². The number of rotatable bonds is 6. The summed E-state index contributed by atoms with van der Waals surface area (Å²) >= 11 is 0. The molecule has 4 aliphatic rings. The van der Waals surface area contributed by atoms with Crippen molar-refractivity contribution in [1.29, 1.82) is 0 Å². The van der Waals surface area contributed by atoms with Crippen molar-refractivity contribution in [3.05, 3.63) is 83.4 Å². The highest BCUT2D eigenvalue weighted by Gasteiger charge is 2.58. The van der Waals surface area contributed by atoms with Crippen molar-refractivity contribution in [3.8, 4) is 0 Å². The number of hydrogen-bond donors (Lipinski definition) is 3. The molecule has 1 saturated carbocycles.